The summed E-state index contributed by atoms with van der Waals surface area (Å²) >= 11 is 0. The van der Waals surface area contributed by atoms with Gasteiger partial charge >= 0.3 is 12.1 Å². The van der Waals surface area contributed by atoms with Crippen LogP contribution in [0, 0.1) is 18.3 Å². The maximum absolute atomic E-state index is 14.0. The molecule has 46 heavy (non-hydrogen) atoms. The number of piperazine rings is 1. The molecule has 15 nitrogen and oxygen atoms in total. The van der Waals surface area contributed by atoms with E-state index in [0.717, 1.165) is 55.1 Å². The van der Waals surface area contributed by atoms with Crippen LogP contribution in [-0.4, -0.2) is 105 Å². The number of hydrogen-bond donors (Lipinski definition) is 3. The van der Waals surface area contributed by atoms with Gasteiger partial charge in [-0.1, -0.05) is 6.07 Å². The Hall–Kier alpha value is -4.68. The summed E-state index contributed by atoms with van der Waals surface area (Å²) in [7, 11) is 2.04. The van der Waals surface area contributed by atoms with Gasteiger partial charge in [0.15, 0.2) is 17.7 Å². The number of nitrogen functional groups attached to an aromatic ring is 1. The first-order valence-electron chi connectivity index (χ1n) is 15.8. The molecule has 2 aromatic heterocycles. The second kappa shape index (κ2) is 13.4. The molecule has 6 rings (SSSR count). The standard InChI is InChI=1S/C31H40N10O5/c1-19-8-9-23-22(16-34-41(23)24-7-3-4-15-45-24)26(19)35-29(42)27-25(33)28(37-30(36-27)46-18-21-6-5-12-38(21)2)39-13-14-40(31(43)44)20(17-39)10-11-32/h8-9,16,20-21,24H,3-7,10,12-15,17-18,33H2,1-2H3,(H,35,42)(H,43,44)/t20-,21-,24?/m0/s1. The SMILES string of the molecule is Cc1ccc2c(cnn2C2CCCCO2)c1NC(=O)c1nc(OC[C@@H]2CCCN2C)nc(N2CCN(C(=O)O)[C@@H](CC#N)C2)c1N. The molecule has 0 saturated carbocycles. The van der Waals surface area contributed by atoms with Gasteiger partial charge in [-0.3, -0.25) is 4.79 Å². The number of amides is 2. The number of carbonyl (C=O) groups excluding carboxylic acids is 1. The number of nitrogens with one attached hydrogen (secondary N) is 1. The second-order valence-corrected chi connectivity index (χ2v) is 12.2. The highest BCUT2D eigenvalue weighted by Crippen LogP contribution is 2.34. The van der Waals surface area contributed by atoms with Crippen molar-refractivity contribution in [3.8, 4) is 12.1 Å². The molecule has 0 spiro atoms. The Kier molecular flexibility index (Phi) is 9.09. The minimum Gasteiger partial charge on any atom is -0.465 e. The smallest absolute Gasteiger partial charge is 0.407 e. The van der Waals surface area contributed by atoms with Gasteiger partial charge in [-0.2, -0.15) is 20.3 Å². The van der Waals surface area contributed by atoms with Gasteiger partial charge in [-0.25, -0.2) is 9.48 Å². The molecular formula is C31H40N10O5. The first-order valence-corrected chi connectivity index (χ1v) is 15.8. The minimum atomic E-state index is -1.09. The number of carbonyl (C=O) groups is 2. The second-order valence-electron chi connectivity index (χ2n) is 12.2. The van der Waals surface area contributed by atoms with Crippen LogP contribution in [0.25, 0.3) is 10.9 Å². The van der Waals surface area contributed by atoms with Gasteiger partial charge in [-0.15, -0.1) is 0 Å². The third-order valence-corrected chi connectivity index (χ3v) is 9.21. The summed E-state index contributed by atoms with van der Waals surface area (Å²) in [6.07, 6.45) is 5.45. The number of aromatic nitrogens is 4. The lowest BCUT2D eigenvalue weighted by Gasteiger charge is -2.40. The van der Waals surface area contributed by atoms with Crippen molar-refractivity contribution in [2.45, 2.75) is 63.8 Å². The van der Waals surface area contributed by atoms with Gasteiger partial charge in [-0.05, 0) is 64.3 Å². The Morgan fingerprint density at radius 2 is 2.02 bits per heavy atom. The summed E-state index contributed by atoms with van der Waals surface area (Å²) in [5.41, 5.74) is 8.87. The fourth-order valence-electron chi connectivity index (χ4n) is 6.57. The Morgan fingerprint density at radius 1 is 1.17 bits per heavy atom. The van der Waals surface area contributed by atoms with Crippen LogP contribution < -0.4 is 20.7 Å². The molecule has 0 bridgehead atoms. The predicted molar refractivity (Wildman–Crippen MR) is 170 cm³/mol. The van der Waals surface area contributed by atoms with Crippen LogP contribution in [0.15, 0.2) is 18.3 Å². The van der Waals surface area contributed by atoms with Crippen LogP contribution in [-0.2, 0) is 4.74 Å². The lowest BCUT2D eigenvalue weighted by Crippen LogP contribution is -2.55. The molecule has 0 aliphatic carbocycles. The van der Waals surface area contributed by atoms with E-state index in [-0.39, 0.29) is 61.5 Å². The Bertz CT molecular complexity index is 1650. The first kappa shape index (κ1) is 31.3. The van der Waals surface area contributed by atoms with Crippen molar-refractivity contribution < 1.29 is 24.2 Å². The Morgan fingerprint density at radius 3 is 2.74 bits per heavy atom. The molecule has 3 aliphatic rings. The summed E-state index contributed by atoms with van der Waals surface area (Å²) < 4.78 is 13.9. The summed E-state index contributed by atoms with van der Waals surface area (Å²) in [5, 5.41) is 27.4. The Labute approximate surface area is 266 Å². The number of rotatable bonds is 8. The van der Waals surface area contributed by atoms with Crippen molar-refractivity contribution in [2.75, 3.05) is 62.4 Å². The number of nitriles is 1. The third-order valence-electron chi connectivity index (χ3n) is 9.21. The average Bonchev–Trinajstić information content (AvgIpc) is 3.68. The molecule has 3 aliphatic heterocycles. The van der Waals surface area contributed by atoms with Crippen LogP contribution >= 0.6 is 0 Å². The maximum Gasteiger partial charge on any atom is 0.407 e. The van der Waals surface area contributed by atoms with E-state index in [1.165, 1.54) is 4.90 Å². The molecule has 244 valence electrons. The lowest BCUT2D eigenvalue weighted by molar-refractivity contribution is -0.0366. The van der Waals surface area contributed by atoms with Gasteiger partial charge in [0.1, 0.15) is 12.3 Å². The normalized spacial score (nSPS) is 22.2. The zero-order valence-electron chi connectivity index (χ0n) is 26.2. The molecule has 0 radical (unpaired) electrons. The van der Waals surface area contributed by atoms with Crippen molar-refractivity contribution in [3.63, 3.8) is 0 Å². The maximum atomic E-state index is 14.0. The molecule has 4 N–H and O–H groups in total. The summed E-state index contributed by atoms with van der Waals surface area (Å²) in [4.78, 5) is 40.2. The van der Waals surface area contributed by atoms with Gasteiger partial charge in [0.2, 0.25) is 0 Å². The van der Waals surface area contributed by atoms with Crippen LogP contribution in [0.3, 0.4) is 0 Å². The fraction of sp³-hybridized carbons (Fsp3) is 0.548. The van der Waals surface area contributed by atoms with E-state index in [1.807, 2.05) is 30.8 Å². The summed E-state index contributed by atoms with van der Waals surface area (Å²) in [6, 6.07) is 5.57. The van der Waals surface area contributed by atoms with E-state index >= 15 is 0 Å². The molecule has 5 heterocycles. The number of aryl methyl sites for hydroxylation is 1. The number of nitrogens with zero attached hydrogens (tertiary/aromatic N) is 8. The van der Waals surface area contributed by atoms with Crippen LogP contribution in [0.1, 0.15) is 60.8 Å². The molecule has 3 saturated heterocycles. The van der Waals surface area contributed by atoms with Crippen molar-refractivity contribution in [1.82, 2.24) is 29.5 Å². The number of carboxylic acid groups (broad SMARTS) is 1. The number of likely N-dealkylation sites (N-methyl/N-ethyl adjacent to an activating group) is 1. The number of anilines is 3. The van der Waals surface area contributed by atoms with E-state index in [1.54, 1.807) is 11.1 Å². The number of fused-ring (bicyclic) bond motifs is 1. The largest absolute Gasteiger partial charge is 0.465 e. The number of nitrogens with two attached hydrogens (primary N) is 1. The zero-order chi connectivity index (χ0) is 32.4. The number of benzene rings is 1. The molecule has 3 atom stereocenters. The molecule has 15 heteroatoms. The zero-order valence-corrected chi connectivity index (χ0v) is 26.2. The molecule has 1 aromatic carbocycles. The van der Waals surface area contributed by atoms with Crippen molar-refractivity contribution in [3.05, 3.63) is 29.6 Å². The third kappa shape index (κ3) is 6.22. The summed E-state index contributed by atoms with van der Waals surface area (Å²) in [6.45, 7) is 4.48. The Balaban J connectivity index is 1.33. The number of likely N-dealkylation sites (tertiary alicyclic amines) is 1. The summed E-state index contributed by atoms with van der Waals surface area (Å²) in [5.74, 6) is -0.279. The highest BCUT2D eigenvalue weighted by molar-refractivity contribution is 6.11. The molecular weight excluding hydrogens is 592 g/mol. The van der Waals surface area contributed by atoms with Crippen LogP contribution in [0.2, 0.25) is 0 Å². The topological polar surface area (TPSA) is 188 Å². The van der Waals surface area contributed by atoms with E-state index in [2.05, 4.69) is 31.4 Å². The van der Waals surface area contributed by atoms with Crippen LogP contribution in [0.5, 0.6) is 6.01 Å². The van der Waals surface area contributed by atoms with E-state index in [9.17, 15) is 20.0 Å². The number of ether oxygens (including phenoxy) is 2. The van der Waals surface area contributed by atoms with Crippen LogP contribution in [0.4, 0.5) is 22.0 Å². The van der Waals surface area contributed by atoms with Gasteiger partial charge < -0.3 is 40.3 Å². The fourth-order valence-corrected chi connectivity index (χ4v) is 6.57. The van der Waals surface area contributed by atoms with Crippen molar-refractivity contribution in [1.29, 1.82) is 5.26 Å². The highest BCUT2D eigenvalue weighted by atomic mass is 16.5. The minimum absolute atomic E-state index is 0.00135. The number of hydrogen-bond acceptors (Lipinski definition) is 11. The van der Waals surface area contributed by atoms with Crippen molar-refractivity contribution in [2.24, 2.45) is 0 Å². The van der Waals surface area contributed by atoms with Gasteiger partial charge in [0.25, 0.3) is 5.91 Å². The molecule has 3 fully saturated rings. The lowest BCUT2D eigenvalue weighted by atomic mass is 10.1. The van der Waals surface area contributed by atoms with E-state index < -0.39 is 18.0 Å². The van der Waals surface area contributed by atoms with E-state index in [0.29, 0.717) is 18.9 Å². The van der Waals surface area contributed by atoms with Gasteiger partial charge in [0, 0.05) is 37.7 Å². The molecule has 3 aromatic rings. The van der Waals surface area contributed by atoms with Crippen molar-refractivity contribution >= 4 is 40.1 Å². The monoisotopic (exact) mass is 632 g/mol. The molecule has 1 unspecified atom stereocenters. The quantitative estimate of drug-likeness (QED) is 0.329. The van der Waals surface area contributed by atoms with E-state index in [4.69, 9.17) is 15.2 Å². The molecule has 2 amide bonds. The average molecular weight is 633 g/mol. The first-order chi connectivity index (χ1) is 22.2. The highest BCUT2D eigenvalue weighted by Gasteiger charge is 2.34. The predicted octanol–water partition coefficient (Wildman–Crippen LogP) is 3.22. The van der Waals surface area contributed by atoms with Gasteiger partial charge in [0.05, 0.1) is 35.9 Å².